The number of rotatable bonds is 5. The molecule has 1 unspecified atom stereocenters. The lowest BCUT2D eigenvalue weighted by atomic mass is 9.90. The molecule has 1 aliphatic carbocycles. The highest BCUT2D eigenvalue weighted by molar-refractivity contribution is 6.07. The summed E-state index contributed by atoms with van der Waals surface area (Å²) in [5.41, 5.74) is -0.774. The normalized spacial score (nSPS) is 20.2. The minimum atomic E-state index is -0.949. The van der Waals surface area contributed by atoms with E-state index in [2.05, 4.69) is 5.32 Å². The maximum atomic E-state index is 12.9. The van der Waals surface area contributed by atoms with Gasteiger partial charge in [-0.25, -0.2) is 4.79 Å². The molecule has 1 spiro atoms. The van der Waals surface area contributed by atoms with Gasteiger partial charge in [-0.3, -0.25) is 9.69 Å². The van der Waals surface area contributed by atoms with Crippen molar-refractivity contribution in [2.24, 2.45) is 0 Å². The number of fused-ring (bicyclic) bond motifs is 1. The number of carbonyl (C=O) groups excluding carboxylic acids is 2. The number of amides is 3. The van der Waals surface area contributed by atoms with Gasteiger partial charge in [0.25, 0.3) is 5.91 Å². The van der Waals surface area contributed by atoms with Crippen LogP contribution in [0.4, 0.5) is 4.79 Å². The number of hydrogen-bond acceptors (Lipinski definition) is 4. The van der Waals surface area contributed by atoms with Gasteiger partial charge in [-0.15, -0.1) is 0 Å². The molecule has 1 saturated heterocycles. The van der Waals surface area contributed by atoms with Gasteiger partial charge in [0.2, 0.25) is 0 Å². The van der Waals surface area contributed by atoms with Crippen LogP contribution in [-0.4, -0.2) is 46.7 Å². The number of aliphatic hydroxyl groups is 1. The second kappa shape index (κ2) is 7.80. The number of benzene rings is 2. The Balaban J connectivity index is 1.40. The van der Waals surface area contributed by atoms with Gasteiger partial charge in [0.1, 0.15) is 24.0 Å². The van der Waals surface area contributed by atoms with Crippen LogP contribution in [0.3, 0.4) is 0 Å². The zero-order chi connectivity index (χ0) is 19.6. The second-order valence-electron chi connectivity index (χ2n) is 7.78. The molecule has 2 aromatic carbocycles. The average Bonchev–Trinajstić information content (AvgIpc) is 2.86. The van der Waals surface area contributed by atoms with Crippen molar-refractivity contribution in [3.63, 3.8) is 0 Å². The minimum Gasteiger partial charge on any atom is -0.490 e. The fraction of sp³-hybridized carbons (Fsp3) is 0.455. The summed E-state index contributed by atoms with van der Waals surface area (Å²) >= 11 is 0. The fourth-order valence-corrected chi connectivity index (χ4v) is 4.28. The van der Waals surface area contributed by atoms with Crippen molar-refractivity contribution in [3.8, 4) is 5.75 Å². The lowest BCUT2D eigenvalue weighted by Gasteiger charge is -2.25. The molecule has 6 heteroatoms. The Morgan fingerprint density at radius 2 is 1.75 bits per heavy atom. The van der Waals surface area contributed by atoms with E-state index < -0.39 is 17.7 Å². The number of β-amino-alcohol motifs (C(OH)–C–C–N with tert-alkyl or cyclic N) is 1. The number of nitrogens with zero attached hydrogens (tertiary/aromatic N) is 1. The van der Waals surface area contributed by atoms with Crippen LogP contribution < -0.4 is 10.1 Å². The van der Waals surface area contributed by atoms with Gasteiger partial charge in [-0.2, -0.15) is 0 Å². The average molecular weight is 382 g/mol. The third kappa shape index (κ3) is 3.56. The summed E-state index contributed by atoms with van der Waals surface area (Å²) in [6, 6.07) is 13.2. The smallest absolute Gasteiger partial charge is 0.325 e. The Kier molecular flexibility index (Phi) is 5.22. The number of urea groups is 1. The van der Waals surface area contributed by atoms with Gasteiger partial charge in [0.05, 0.1) is 6.54 Å². The Morgan fingerprint density at radius 3 is 2.54 bits per heavy atom. The van der Waals surface area contributed by atoms with E-state index in [0.717, 1.165) is 41.4 Å². The molecule has 3 amide bonds. The zero-order valence-corrected chi connectivity index (χ0v) is 15.9. The van der Waals surface area contributed by atoms with Crippen molar-refractivity contribution in [2.45, 2.75) is 50.2 Å². The molecular formula is C22H26N2O4. The Labute approximate surface area is 164 Å². The molecule has 148 valence electrons. The van der Waals surface area contributed by atoms with E-state index in [4.69, 9.17) is 4.74 Å². The van der Waals surface area contributed by atoms with E-state index in [1.54, 1.807) is 0 Å². The SMILES string of the molecule is O=C1NC2(CCCCCC2)C(=O)N1CC(O)COc1cccc2ccccc12. The van der Waals surface area contributed by atoms with Gasteiger partial charge in [-0.1, -0.05) is 62.1 Å². The van der Waals surface area contributed by atoms with Crippen molar-refractivity contribution in [2.75, 3.05) is 13.2 Å². The molecule has 2 aliphatic rings. The topological polar surface area (TPSA) is 78.9 Å². The van der Waals surface area contributed by atoms with E-state index in [1.165, 1.54) is 0 Å². The first-order valence-corrected chi connectivity index (χ1v) is 10.0. The summed E-state index contributed by atoms with van der Waals surface area (Å²) in [6.07, 6.45) is 4.46. The van der Waals surface area contributed by atoms with Crippen molar-refractivity contribution < 1.29 is 19.4 Å². The standard InChI is InChI=1S/C22H26N2O4/c25-17(15-28-19-11-7-9-16-8-3-4-10-18(16)19)14-24-20(26)22(23-21(24)27)12-5-1-2-6-13-22/h3-4,7-11,17,25H,1-2,5-6,12-15H2,(H,23,27). The molecule has 1 atom stereocenters. The summed E-state index contributed by atoms with van der Waals surface area (Å²) < 4.78 is 5.80. The summed E-state index contributed by atoms with van der Waals surface area (Å²) in [6.45, 7) is -0.0464. The molecule has 0 bridgehead atoms. The first-order chi connectivity index (χ1) is 13.6. The molecule has 1 heterocycles. The lowest BCUT2D eigenvalue weighted by molar-refractivity contribution is -0.132. The van der Waals surface area contributed by atoms with Crippen LogP contribution in [0.2, 0.25) is 0 Å². The molecule has 0 aromatic heterocycles. The number of carbonyl (C=O) groups is 2. The van der Waals surface area contributed by atoms with Gasteiger partial charge in [0.15, 0.2) is 0 Å². The largest absolute Gasteiger partial charge is 0.490 e. The lowest BCUT2D eigenvalue weighted by Crippen LogP contribution is -2.47. The summed E-state index contributed by atoms with van der Waals surface area (Å²) in [4.78, 5) is 26.5. The van der Waals surface area contributed by atoms with Gasteiger partial charge in [-0.05, 0) is 24.3 Å². The van der Waals surface area contributed by atoms with Gasteiger partial charge < -0.3 is 15.2 Å². The first kappa shape index (κ1) is 18.7. The van der Waals surface area contributed by atoms with Crippen LogP contribution in [0, 0.1) is 0 Å². The quantitative estimate of drug-likeness (QED) is 0.779. The third-order valence-corrected chi connectivity index (χ3v) is 5.78. The molecule has 2 aromatic rings. The van der Waals surface area contributed by atoms with Crippen LogP contribution in [0.5, 0.6) is 5.75 Å². The summed E-state index contributed by atoms with van der Waals surface area (Å²) in [5.74, 6) is 0.471. The van der Waals surface area contributed by atoms with Crippen molar-refractivity contribution in [1.29, 1.82) is 0 Å². The predicted octanol–water partition coefficient (Wildman–Crippen LogP) is 3.22. The molecule has 2 N–H and O–H groups in total. The second-order valence-corrected chi connectivity index (χ2v) is 7.78. The van der Waals surface area contributed by atoms with E-state index in [9.17, 15) is 14.7 Å². The Bertz CT molecular complexity index is 868. The highest BCUT2D eigenvalue weighted by Crippen LogP contribution is 2.33. The number of hydrogen-bond donors (Lipinski definition) is 2. The molecule has 4 rings (SSSR count). The van der Waals surface area contributed by atoms with Crippen molar-refractivity contribution in [3.05, 3.63) is 42.5 Å². The molecule has 1 aliphatic heterocycles. The van der Waals surface area contributed by atoms with Gasteiger partial charge >= 0.3 is 6.03 Å². The molecule has 6 nitrogen and oxygen atoms in total. The van der Waals surface area contributed by atoms with Crippen molar-refractivity contribution in [1.82, 2.24) is 10.2 Å². The van der Waals surface area contributed by atoms with E-state index >= 15 is 0 Å². The van der Waals surface area contributed by atoms with E-state index in [1.807, 2.05) is 42.5 Å². The maximum absolute atomic E-state index is 12.9. The molecular weight excluding hydrogens is 356 g/mol. The number of ether oxygens (including phenoxy) is 1. The van der Waals surface area contributed by atoms with Gasteiger partial charge in [0, 0.05) is 5.39 Å². The Morgan fingerprint density at radius 1 is 1.04 bits per heavy atom. The molecule has 28 heavy (non-hydrogen) atoms. The number of nitrogens with one attached hydrogen (secondary N) is 1. The van der Waals surface area contributed by atoms with Crippen LogP contribution >= 0.6 is 0 Å². The molecule has 1 saturated carbocycles. The highest BCUT2D eigenvalue weighted by Gasteiger charge is 2.50. The van der Waals surface area contributed by atoms with E-state index in [-0.39, 0.29) is 19.1 Å². The van der Waals surface area contributed by atoms with Crippen molar-refractivity contribution >= 4 is 22.7 Å². The van der Waals surface area contributed by atoms with Crippen LogP contribution in [-0.2, 0) is 4.79 Å². The third-order valence-electron chi connectivity index (χ3n) is 5.78. The predicted molar refractivity (Wildman–Crippen MR) is 106 cm³/mol. The number of imide groups is 1. The number of aliphatic hydroxyl groups excluding tert-OH is 1. The Hall–Kier alpha value is -2.60. The highest BCUT2D eigenvalue weighted by atomic mass is 16.5. The molecule has 2 fully saturated rings. The maximum Gasteiger partial charge on any atom is 0.325 e. The van der Waals surface area contributed by atoms with E-state index in [0.29, 0.717) is 18.6 Å². The minimum absolute atomic E-state index is 0.0120. The summed E-state index contributed by atoms with van der Waals surface area (Å²) in [5, 5.41) is 15.3. The van der Waals surface area contributed by atoms with Crippen LogP contribution in [0.15, 0.2) is 42.5 Å². The first-order valence-electron chi connectivity index (χ1n) is 10.0. The molecule has 0 radical (unpaired) electrons. The fourth-order valence-electron chi connectivity index (χ4n) is 4.28. The summed E-state index contributed by atoms with van der Waals surface area (Å²) in [7, 11) is 0. The monoisotopic (exact) mass is 382 g/mol. The van der Waals surface area contributed by atoms with Crippen LogP contribution in [0.25, 0.3) is 10.8 Å². The van der Waals surface area contributed by atoms with Crippen LogP contribution in [0.1, 0.15) is 38.5 Å². The zero-order valence-electron chi connectivity index (χ0n) is 15.9.